The van der Waals surface area contributed by atoms with Crippen LogP contribution in [0.15, 0.2) is 4.99 Å². The van der Waals surface area contributed by atoms with Gasteiger partial charge in [-0.05, 0) is 39.5 Å². The minimum Gasteiger partial charge on any atom is -0.379 e. The molecule has 5 heteroatoms. The molecule has 2 fully saturated rings. The Hall–Kier alpha value is -0.810. The molecule has 2 rings (SSSR count). The third-order valence-corrected chi connectivity index (χ3v) is 4.09. The Bertz CT molecular complexity index is 320. The number of morpholine rings is 1. The molecule has 0 unspecified atom stereocenters. The first-order chi connectivity index (χ1) is 9.62. The quantitative estimate of drug-likeness (QED) is 0.565. The van der Waals surface area contributed by atoms with E-state index in [1.165, 1.54) is 12.8 Å². The average molecular weight is 282 g/mol. The van der Waals surface area contributed by atoms with Crippen LogP contribution in [0.25, 0.3) is 0 Å². The Morgan fingerprint density at radius 2 is 1.95 bits per heavy atom. The van der Waals surface area contributed by atoms with Crippen molar-refractivity contribution in [2.75, 3.05) is 45.9 Å². The third kappa shape index (κ3) is 4.94. The van der Waals surface area contributed by atoms with Gasteiger partial charge in [0.05, 0.1) is 19.8 Å². The summed E-state index contributed by atoms with van der Waals surface area (Å²) in [5.41, 5.74) is 0.0890. The van der Waals surface area contributed by atoms with Crippen LogP contribution in [0, 0.1) is 5.92 Å². The minimum atomic E-state index is 0.0890. The summed E-state index contributed by atoms with van der Waals surface area (Å²) >= 11 is 0. The first-order valence-electron chi connectivity index (χ1n) is 7.97. The van der Waals surface area contributed by atoms with Crippen molar-refractivity contribution in [1.82, 2.24) is 15.5 Å². The summed E-state index contributed by atoms with van der Waals surface area (Å²) in [6, 6.07) is 0. The van der Waals surface area contributed by atoms with Gasteiger partial charge in [-0.1, -0.05) is 0 Å². The molecule has 20 heavy (non-hydrogen) atoms. The number of rotatable bonds is 6. The zero-order chi connectivity index (χ0) is 14.4. The van der Waals surface area contributed by atoms with Crippen LogP contribution in [-0.2, 0) is 4.74 Å². The summed E-state index contributed by atoms with van der Waals surface area (Å²) in [4.78, 5) is 7.25. The number of nitrogens with zero attached hydrogens (tertiary/aromatic N) is 2. The van der Waals surface area contributed by atoms with E-state index in [2.05, 4.69) is 36.3 Å². The molecule has 0 atom stereocenters. The first-order valence-corrected chi connectivity index (χ1v) is 7.97. The van der Waals surface area contributed by atoms with Gasteiger partial charge in [0.1, 0.15) is 0 Å². The van der Waals surface area contributed by atoms with Crippen molar-refractivity contribution in [1.29, 1.82) is 0 Å². The van der Waals surface area contributed by atoms with Gasteiger partial charge in [0.2, 0.25) is 0 Å². The predicted octanol–water partition coefficient (Wildman–Crippen LogP) is 1.06. The van der Waals surface area contributed by atoms with Gasteiger partial charge in [-0.25, -0.2) is 0 Å². The molecule has 2 N–H and O–H groups in total. The maximum absolute atomic E-state index is 5.43. The van der Waals surface area contributed by atoms with Gasteiger partial charge in [0.15, 0.2) is 5.96 Å². The summed E-state index contributed by atoms with van der Waals surface area (Å²) in [5, 5.41) is 6.79. The van der Waals surface area contributed by atoms with Gasteiger partial charge in [0, 0.05) is 31.7 Å². The number of hydrogen-bond donors (Lipinski definition) is 2. The van der Waals surface area contributed by atoms with Gasteiger partial charge in [0.25, 0.3) is 0 Å². The molecular weight excluding hydrogens is 252 g/mol. The van der Waals surface area contributed by atoms with Gasteiger partial charge in [-0.2, -0.15) is 0 Å². The number of aliphatic imine (C=N–C) groups is 1. The predicted molar refractivity (Wildman–Crippen MR) is 83.2 cm³/mol. The van der Waals surface area contributed by atoms with E-state index in [4.69, 9.17) is 9.73 Å². The van der Waals surface area contributed by atoms with E-state index >= 15 is 0 Å². The fraction of sp³-hybridized carbons (Fsp3) is 0.933. The summed E-state index contributed by atoms with van der Waals surface area (Å²) < 4.78 is 5.43. The Morgan fingerprint density at radius 1 is 1.25 bits per heavy atom. The molecule has 1 saturated heterocycles. The summed E-state index contributed by atoms with van der Waals surface area (Å²) in [6.45, 7) is 13.1. The fourth-order valence-electron chi connectivity index (χ4n) is 2.45. The molecule has 116 valence electrons. The van der Waals surface area contributed by atoms with E-state index in [1.54, 1.807) is 0 Å². The molecule has 0 amide bonds. The van der Waals surface area contributed by atoms with E-state index in [-0.39, 0.29) is 5.54 Å². The number of guanidine groups is 1. The van der Waals surface area contributed by atoms with Crippen molar-refractivity contribution in [3.63, 3.8) is 0 Å². The maximum Gasteiger partial charge on any atom is 0.191 e. The molecule has 1 aliphatic carbocycles. The third-order valence-electron chi connectivity index (χ3n) is 4.09. The number of ether oxygens (including phenoxy) is 1. The van der Waals surface area contributed by atoms with E-state index in [9.17, 15) is 0 Å². The van der Waals surface area contributed by atoms with Crippen LogP contribution < -0.4 is 10.6 Å². The topological polar surface area (TPSA) is 48.9 Å². The number of hydrogen-bond acceptors (Lipinski definition) is 3. The monoisotopic (exact) mass is 282 g/mol. The second-order valence-corrected chi connectivity index (χ2v) is 6.43. The van der Waals surface area contributed by atoms with Gasteiger partial charge in [-0.15, -0.1) is 0 Å². The Kier molecular flexibility index (Phi) is 5.66. The number of nitrogens with one attached hydrogen (secondary N) is 2. The van der Waals surface area contributed by atoms with E-state index in [1.807, 2.05) is 0 Å². The largest absolute Gasteiger partial charge is 0.379 e. The minimum absolute atomic E-state index is 0.0890. The molecule has 5 nitrogen and oxygen atoms in total. The van der Waals surface area contributed by atoms with Crippen molar-refractivity contribution in [3.8, 4) is 0 Å². The van der Waals surface area contributed by atoms with E-state index < -0.39 is 0 Å². The SMILES string of the molecule is CCNC(=NCC(C)(C)N1CCOCC1)NCC1CC1. The van der Waals surface area contributed by atoms with Crippen LogP contribution in [0.3, 0.4) is 0 Å². The van der Waals surface area contributed by atoms with Crippen molar-refractivity contribution >= 4 is 5.96 Å². The van der Waals surface area contributed by atoms with Crippen molar-refractivity contribution in [2.45, 2.75) is 39.2 Å². The average Bonchev–Trinajstić information content (AvgIpc) is 3.27. The lowest BCUT2D eigenvalue weighted by atomic mass is 10.0. The Balaban J connectivity index is 1.84. The van der Waals surface area contributed by atoms with Crippen LogP contribution in [0.4, 0.5) is 0 Å². The molecule has 0 spiro atoms. The second-order valence-electron chi connectivity index (χ2n) is 6.43. The van der Waals surface area contributed by atoms with Crippen LogP contribution in [-0.4, -0.2) is 62.3 Å². The standard InChI is InChI=1S/C15H30N4O/c1-4-16-14(17-11-13-5-6-13)18-12-15(2,3)19-7-9-20-10-8-19/h13H,4-12H2,1-3H3,(H2,16,17,18). The highest BCUT2D eigenvalue weighted by atomic mass is 16.5. The summed E-state index contributed by atoms with van der Waals surface area (Å²) in [7, 11) is 0. The van der Waals surface area contributed by atoms with Crippen LogP contribution >= 0.6 is 0 Å². The first kappa shape index (κ1) is 15.6. The molecule has 0 radical (unpaired) electrons. The zero-order valence-electron chi connectivity index (χ0n) is 13.2. The smallest absolute Gasteiger partial charge is 0.191 e. The summed E-state index contributed by atoms with van der Waals surface area (Å²) in [5.74, 6) is 1.83. The molecular formula is C15H30N4O. The molecule has 1 heterocycles. The van der Waals surface area contributed by atoms with Crippen LogP contribution in [0.2, 0.25) is 0 Å². The lowest BCUT2D eigenvalue weighted by Gasteiger charge is -2.39. The normalized spacial score (nSPS) is 21.9. The van der Waals surface area contributed by atoms with Crippen molar-refractivity contribution in [2.24, 2.45) is 10.9 Å². The molecule has 2 aliphatic rings. The highest BCUT2D eigenvalue weighted by Crippen LogP contribution is 2.27. The van der Waals surface area contributed by atoms with Gasteiger partial charge < -0.3 is 15.4 Å². The van der Waals surface area contributed by atoms with Crippen molar-refractivity contribution < 1.29 is 4.74 Å². The summed E-state index contributed by atoms with van der Waals surface area (Å²) in [6.07, 6.45) is 2.73. The highest BCUT2D eigenvalue weighted by molar-refractivity contribution is 5.79. The highest BCUT2D eigenvalue weighted by Gasteiger charge is 2.28. The van der Waals surface area contributed by atoms with Crippen LogP contribution in [0.5, 0.6) is 0 Å². The maximum atomic E-state index is 5.43. The molecule has 0 aromatic carbocycles. The zero-order valence-corrected chi connectivity index (χ0v) is 13.2. The lowest BCUT2D eigenvalue weighted by molar-refractivity contribution is -0.00683. The van der Waals surface area contributed by atoms with Crippen LogP contribution in [0.1, 0.15) is 33.6 Å². The molecule has 0 aromatic heterocycles. The molecule has 0 bridgehead atoms. The molecule has 1 aliphatic heterocycles. The second kappa shape index (κ2) is 7.27. The van der Waals surface area contributed by atoms with E-state index in [0.29, 0.717) is 0 Å². The Morgan fingerprint density at radius 3 is 2.55 bits per heavy atom. The van der Waals surface area contributed by atoms with Crippen molar-refractivity contribution in [3.05, 3.63) is 0 Å². The molecule has 0 aromatic rings. The Labute approximate surface area is 123 Å². The fourth-order valence-corrected chi connectivity index (χ4v) is 2.45. The van der Waals surface area contributed by atoms with Gasteiger partial charge in [-0.3, -0.25) is 9.89 Å². The lowest BCUT2D eigenvalue weighted by Crippen LogP contribution is -2.52. The van der Waals surface area contributed by atoms with Gasteiger partial charge >= 0.3 is 0 Å². The van der Waals surface area contributed by atoms with E-state index in [0.717, 1.165) is 57.8 Å². The molecule has 1 saturated carbocycles.